The minimum absolute atomic E-state index is 0.111. The minimum Gasteiger partial charge on any atom is -0.489 e. The largest absolute Gasteiger partial charge is 0.489 e. The molecule has 2 N–H and O–H groups in total. The highest BCUT2D eigenvalue weighted by atomic mass is 35.5. The van der Waals surface area contributed by atoms with Crippen molar-refractivity contribution in [3.63, 3.8) is 0 Å². The number of nitrogens with zero attached hydrogens (tertiary/aromatic N) is 1. The van der Waals surface area contributed by atoms with E-state index < -0.39 is 0 Å². The number of ether oxygens (including phenoxy) is 1. The number of benzene rings is 2. The maximum atomic E-state index is 12.3. The van der Waals surface area contributed by atoms with E-state index in [1.807, 2.05) is 60.8 Å². The normalized spacial score (nSPS) is 14.1. The van der Waals surface area contributed by atoms with E-state index in [-0.39, 0.29) is 12.5 Å². The first-order chi connectivity index (χ1) is 14.6. The molecular weight excluding hydrogens is 418 g/mol. The predicted octanol–water partition coefficient (Wildman–Crippen LogP) is 5.08. The number of halogens is 1. The van der Waals surface area contributed by atoms with Crippen LogP contribution in [0.2, 0.25) is 5.02 Å². The Bertz CT molecular complexity index is 1090. The molecule has 0 spiro atoms. The zero-order valence-electron chi connectivity index (χ0n) is 16.3. The molecule has 1 aliphatic rings. The second kappa shape index (κ2) is 9.15. The van der Waals surface area contributed by atoms with Gasteiger partial charge >= 0.3 is 0 Å². The van der Waals surface area contributed by atoms with Crippen LogP contribution in [-0.4, -0.2) is 24.8 Å². The lowest BCUT2D eigenvalue weighted by Gasteiger charge is -2.12. The highest BCUT2D eigenvalue weighted by Crippen LogP contribution is 2.27. The van der Waals surface area contributed by atoms with Crippen molar-refractivity contribution in [1.82, 2.24) is 5.32 Å². The molecule has 1 aliphatic heterocycles. The third-order valence-electron chi connectivity index (χ3n) is 4.62. The van der Waals surface area contributed by atoms with Gasteiger partial charge in [-0.3, -0.25) is 10.2 Å². The van der Waals surface area contributed by atoms with Gasteiger partial charge in [-0.1, -0.05) is 47.5 Å². The lowest BCUT2D eigenvalue weighted by atomic mass is 10.1. The van der Waals surface area contributed by atoms with Crippen molar-refractivity contribution >= 4 is 45.8 Å². The van der Waals surface area contributed by atoms with Crippen LogP contribution in [0.25, 0.3) is 5.57 Å². The molecule has 5 nitrogen and oxygen atoms in total. The molecule has 0 aliphatic carbocycles. The van der Waals surface area contributed by atoms with Crippen molar-refractivity contribution in [3.8, 4) is 0 Å². The first-order valence-corrected chi connectivity index (χ1v) is 10.7. The number of nitrogens with one attached hydrogen (secondary N) is 2. The number of carbonyl (C=O) groups is 1. The van der Waals surface area contributed by atoms with Gasteiger partial charge in [-0.25, -0.2) is 0 Å². The summed E-state index contributed by atoms with van der Waals surface area (Å²) < 4.78 is 6.08. The third-order valence-corrected chi connectivity index (χ3v) is 5.75. The molecule has 0 fully saturated rings. The van der Waals surface area contributed by atoms with Crippen LogP contribution in [0.3, 0.4) is 0 Å². The number of aryl methyl sites for hydroxylation is 1. The SMILES string of the molecule is Cc1ccc(C(COC2=C(c3cccs3)C(=O)NC2)=NNc2ccc(Cl)cc2)cc1. The topological polar surface area (TPSA) is 62.7 Å². The first kappa shape index (κ1) is 20.2. The summed E-state index contributed by atoms with van der Waals surface area (Å²) >= 11 is 7.47. The molecule has 0 atom stereocenters. The average molecular weight is 438 g/mol. The summed E-state index contributed by atoms with van der Waals surface area (Å²) in [6, 6.07) is 19.2. The molecule has 1 aromatic heterocycles. The zero-order valence-corrected chi connectivity index (χ0v) is 17.9. The van der Waals surface area contributed by atoms with Gasteiger partial charge in [-0.2, -0.15) is 5.10 Å². The Labute approximate surface area is 184 Å². The van der Waals surface area contributed by atoms with Crippen molar-refractivity contribution in [2.45, 2.75) is 6.92 Å². The summed E-state index contributed by atoms with van der Waals surface area (Å²) in [6.07, 6.45) is 0. The van der Waals surface area contributed by atoms with Gasteiger partial charge in [0.15, 0.2) is 0 Å². The molecule has 0 saturated heterocycles. The van der Waals surface area contributed by atoms with Gasteiger partial charge in [-0.05, 0) is 42.6 Å². The molecule has 0 bridgehead atoms. The Morgan fingerprint density at radius 2 is 1.93 bits per heavy atom. The van der Waals surface area contributed by atoms with E-state index in [9.17, 15) is 4.79 Å². The van der Waals surface area contributed by atoms with Gasteiger partial charge in [0.1, 0.15) is 18.1 Å². The van der Waals surface area contributed by atoms with Gasteiger partial charge < -0.3 is 10.1 Å². The number of anilines is 1. The van der Waals surface area contributed by atoms with Crippen molar-refractivity contribution < 1.29 is 9.53 Å². The zero-order chi connectivity index (χ0) is 20.9. The minimum atomic E-state index is -0.111. The molecule has 30 heavy (non-hydrogen) atoms. The number of hydrogen-bond donors (Lipinski definition) is 2. The van der Waals surface area contributed by atoms with Crippen LogP contribution in [0.15, 0.2) is 76.9 Å². The van der Waals surface area contributed by atoms with Gasteiger partial charge in [0.25, 0.3) is 5.91 Å². The molecule has 2 aromatic carbocycles. The maximum Gasteiger partial charge on any atom is 0.256 e. The fourth-order valence-corrected chi connectivity index (χ4v) is 3.91. The summed E-state index contributed by atoms with van der Waals surface area (Å²) in [6.45, 7) is 2.64. The second-order valence-corrected chi connectivity index (χ2v) is 8.17. The Morgan fingerprint density at radius 3 is 2.63 bits per heavy atom. The van der Waals surface area contributed by atoms with E-state index in [1.54, 1.807) is 12.1 Å². The van der Waals surface area contributed by atoms with E-state index >= 15 is 0 Å². The summed E-state index contributed by atoms with van der Waals surface area (Å²) in [5, 5.41) is 10.0. The quantitative estimate of drug-likeness (QED) is 0.400. The molecule has 3 aromatic rings. The third kappa shape index (κ3) is 4.72. The maximum absolute atomic E-state index is 12.3. The Balaban J connectivity index is 1.58. The van der Waals surface area contributed by atoms with E-state index in [1.165, 1.54) is 11.3 Å². The summed E-state index contributed by atoms with van der Waals surface area (Å²) in [5.41, 5.74) is 7.31. The van der Waals surface area contributed by atoms with E-state index in [0.717, 1.165) is 27.4 Å². The smallest absolute Gasteiger partial charge is 0.256 e. The van der Waals surface area contributed by atoms with Crippen LogP contribution in [0.5, 0.6) is 0 Å². The number of rotatable bonds is 7. The van der Waals surface area contributed by atoms with Gasteiger partial charge in [0, 0.05) is 15.5 Å². The Kier molecular flexibility index (Phi) is 6.16. The summed E-state index contributed by atoms with van der Waals surface area (Å²) in [5.74, 6) is 0.523. The monoisotopic (exact) mass is 437 g/mol. The standard InChI is InChI=1S/C23H20ClN3O2S/c1-15-4-6-16(7-5-15)19(27-26-18-10-8-17(24)9-11-18)14-29-20-13-25-23(28)22(20)21-3-2-12-30-21/h2-12,26H,13-14H2,1H3,(H,25,28). The van der Waals surface area contributed by atoms with Crippen LogP contribution >= 0.6 is 22.9 Å². The molecule has 2 heterocycles. The molecule has 4 rings (SSSR count). The number of hydrogen-bond acceptors (Lipinski definition) is 5. The molecule has 0 unspecified atom stereocenters. The highest BCUT2D eigenvalue weighted by Gasteiger charge is 2.26. The number of amides is 1. The summed E-state index contributed by atoms with van der Waals surface area (Å²) in [4.78, 5) is 13.2. The first-order valence-electron chi connectivity index (χ1n) is 9.43. The van der Waals surface area contributed by atoms with Crippen LogP contribution < -0.4 is 10.7 Å². The molecule has 0 saturated carbocycles. The second-order valence-electron chi connectivity index (χ2n) is 6.79. The van der Waals surface area contributed by atoms with E-state index in [2.05, 4.69) is 15.8 Å². The van der Waals surface area contributed by atoms with Crippen LogP contribution in [0.4, 0.5) is 5.69 Å². The van der Waals surface area contributed by atoms with Crippen molar-refractivity contribution in [2.24, 2.45) is 5.10 Å². The van der Waals surface area contributed by atoms with Crippen molar-refractivity contribution in [2.75, 3.05) is 18.6 Å². The molecule has 7 heteroatoms. The van der Waals surface area contributed by atoms with Crippen molar-refractivity contribution in [1.29, 1.82) is 0 Å². The predicted molar refractivity (Wildman–Crippen MR) is 123 cm³/mol. The Morgan fingerprint density at radius 1 is 1.17 bits per heavy atom. The van der Waals surface area contributed by atoms with E-state index in [4.69, 9.17) is 16.3 Å². The van der Waals surface area contributed by atoms with E-state index in [0.29, 0.717) is 22.9 Å². The van der Waals surface area contributed by atoms with Crippen LogP contribution in [0, 0.1) is 6.92 Å². The summed E-state index contributed by atoms with van der Waals surface area (Å²) in [7, 11) is 0. The number of thiophene rings is 1. The lowest BCUT2D eigenvalue weighted by Crippen LogP contribution is -2.18. The lowest BCUT2D eigenvalue weighted by molar-refractivity contribution is -0.114. The van der Waals surface area contributed by atoms with Gasteiger partial charge in [-0.15, -0.1) is 11.3 Å². The van der Waals surface area contributed by atoms with Gasteiger partial charge in [0.05, 0.1) is 17.8 Å². The van der Waals surface area contributed by atoms with Gasteiger partial charge in [0.2, 0.25) is 0 Å². The number of carbonyl (C=O) groups excluding carboxylic acids is 1. The fourth-order valence-electron chi connectivity index (χ4n) is 3.00. The number of hydrazone groups is 1. The molecule has 1 amide bonds. The Hall–Kier alpha value is -3.09. The fraction of sp³-hybridized carbons (Fsp3) is 0.130. The molecule has 152 valence electrons. The molecular formula is C23H20ClN3O2S. The van der Waals surface area contributed by atoms with Crippen LogP contribution in [-0.2, 0) is 9.53 Å². The van der Waals surface area contributed by atoms with Crippen LogP contribution in [0.1, 0.15) is 16.0 Å². The highest BCUT2D eigenvalue weighted by molar-refractivity contribution is 7.11. The van der Waals surface area contributed by atoms with Crippen molar-refractivity contribution in [3.05, 3.63) is 92.8 Å². The average Bonchev–Trinajstić information content (AvgIpc) is 3.40. The molecule has 0 radical (unpaired) electrons.